The van der Waals surface area contributed by atoms with E-state index in [0.29, 0.717) is 28.2 Å². The fourth-order valence-electron chi connectivity index (χ4n) is 1.87. The first-order chi connectivity index (χ1) is 9.69. The summed E-state index contributed by atoms with van der Waals surface area (Å²) < 4.78 is 10.2. The minimum Gasteiger partial charge on any atom is -0.497 e. The number of terminal acetylenes is 1. The summed E-state index contributed by atoms with van der Waals surface area (Å²) in [5, 5.41) is 0. The Bertz CT molecular complexity index is 664. The third-order valence-electron chi connectivity index (χ3n) is 2.98. The molecule has 0 atom stereocenters. The van der Waals surface area contributed by atoms with Crippen molar-refractivity contribution in [2.24, 2.45) is 0 Å². The van der Waals surface area contributed by atoms with Gasteiger partial charge in [-0.2, -0.15) is 0 Å². The number of hydrogen-bond donors (Lipinski definition) is 0. The van der Waals surface area contributed by atoms with Gasteiger partial charge in [0.1, 0.15) is 11.5 Å². The summed E-state index contributed by atoms with van der Waals surface area (Å²) in [6, 6.07) is 12.0. The number of methoxy groups -OCH3 is 2. The lowest BCUT2D eigenvalue weighted by molar-refractivity contribution is 0.103. The summed E-state index contributed by atoms with van der Waals surface area (Å²) in [5.41, 5.74) is 1.57. The number of rotatable bonds is 4. The van der Waals surface area contributed by atoms with E-state index in [4.69, 9.17) is 15.9 Å². The quantitative estimate of drug-likeness (QED) is 0.630. The molecule has 0 radical (unpaired) electrons. The molecule has 0 saturated carbocycles. The van der Waals surface area contributed by atoms with Gasteiger partial charge in [-0.05, 0) is 42.5 Å². The molecule has 0 saturated heterocycles. The third-order valence-corrected chi connectivity index (χ3v) is 2.98. The number of carbonyl (C=O) groups excluding carboxylic acids is 1. The van der Waals surface area contributed by atoms with Crippen molar-refractivity contribution in [1.82, 2.24) is 0 Å². The number of ketones is 1. The van der Waals surface area contributed by atoms with Crippen LogP contribution in [0, 0.1) is 12.3 Å². The summed E-state index contributed by atoms with van der Waals surface area (Å²) in [6.45, 7) is 0. The summed E-state index contributed by atoms with van der Waals surface area (Å²) in [6.07, 6.45) is 5.46. The minimum absolute atomic E-state index is 0.122. The largest absolute Gasteiger partial charge is 0.497 e. The van der Waals surface area contributed by atoms with Crippen molar-refractivity contribution < 1.29 is 14.3 Å². The van der Waals surface area contributed by atoms with Gasteiger partial charge in [-0.3, -0.25) is 4.79 Å². The van der Waals surface area contributed by atoms with Crippen LogP contribution in [-0.2, 0) is 0 Å². The smallest absolute Gasteiger partial charge is 0.194 e. The van der Waals surface area contributed by atoms with Gasteiger partial charge in [-0.15, -0.1) is 6.42 Å². The second-order valence-corrected chi connectivity index (χ2v) is 4.11. The average Bonchev–Trinajstić information content (AvgIpc) is 2.53. The molecule has 2 aromatic rings. The van der Waals surface area contributed by atoms with E-state index in [-0.39, 0.29) is 5.78 Å². The highest BCUT2D eigenvalue weighted by molar-refractivity contribution is 6.10. The number of benzene rings is 2. The molecule has 100 valence electrons. The van der Waals surface area contributed by atoms with Crippen LogP contribution in [0.15, 0.2) is 42.5 Å². The van der Waals surface area contributed by atoms with E-state index in [2.05, 4.69) is 5.92 Å². The molecule has 0 aliphatic carbocycles. The maximum atomic E-state index is 12.4. The zero-order valence-electron chi connectivity index (χ0n) is 11.3. The Balaban J connectivity index is 2.40. The van der Waals surface area contributed by atoms with Crippen LogP contribution in [-0.4, -0.2) is 20.0 Å². The standard InChI is InChI=1S/C17H14O3/c1-4-12-11-15(20-3)9-10-16(12)17(18)13-5-7-14(19-2)8-6-13/h1,5-11H,2-3H3. The molecular weight excluding hydrogens is 252 g/mol. The molecule has 3 heteroatoms. The van der Waals surface area contributed by atoms with Crippen LogP contribution < -0.4 is 9.47 Å². The van der Waals surface area contributed by atoms with E-state index in [1.807, 2.05) is 0 Å². The molecule has 0 aliphatic rings. The number of carbonyl (C=O) groups is 1. The van der Waals surface area contributed by atoms with Crippen molar-refractivity contribution in [2.45, 2.75) is 0 Å². The molecule has 0 bridgehead atoms. The van der Waals surface area contributed by atoms with Gasteiger partial charge in [-0.1, -0.05) is 5.92 Å². The van der Waals surface area contributed by atoms with Gasteiger partial charge in [0.05, 0.1) is 14.2 Å². The Morgan fingerprint density at radius 3 is 2.15 bits per heavy atom. The van der Waals surface area contributed by atoms with Gasteiger partial charge in [0, 0.05) is 16.7 Å². The molecule has 20 heavy (non-hydrogen) atoms. The summed E-state index contributed by atoms with van der Waals surface area (Å²) >= 11 is 0. The van der Waals surface area contributed by atoms with Gasteiger partial charge in [0.15, 0.2) is 5.78 Å². The molecule has 0 spiro atoms. The monoisotopic (exact) mass is 266 g/mol. The third kappa shape index (κ3) is 2.65. The normalized spacial score (nSPS) is 9.65. The predicted octanol–water partition coefficient (Wildman–Crippen LogP) is 2.92. The number of hydrogen-bond acceptors (Lipinski definition) is 3. The first-order valence-corrected chi connectivity index (χ1v) is 6.03. The van der Waals surface area contributed by atoms with E-state index < -0.39 is 0 Å². The van der Waals surface area contributed by atoms with E-state index in [9.17, 15) is 4.79 Å². The van der Waals surface area contributed by atoms with Crippen LogP contribution in [0.3, 0.4) is 0 Å². The fourth-order valence-corrected chi connectivity index (χ4v) is 1.87. The second-order valence-electron chi connectivity index (χ2n) is 4.11. The van der Waals surface area contributed by atoms with Crippen molar-refractivity contribution in [3.63, 3.8) is 0 Å². The van der Waals surface area contributed by atoms with Crippen LogP contribution in [0.25, 0.3) is 0 Å². The molecule has 0 heterocycles. The van der Waals surface area contributed by atoms with Crippen LogP contribution in [0.1, 0.15) is 21.5 Å². The maximum Gasteiger partial charge on any atom is 0.194 e. The highest BCUT2D eigenvalue weighted by Crippen LogP contribution is 2.21. The SMILES string of the molecule is C#Cc1cc(OC)ccc1C(=O)c1ccc(OC)cc1. The van der Waals surface area contributed by atoms with Gasteiger partial charge >= 0.3 is 0 Å². The Hall–Kier alpha value is -2.73. The Morgan fingerprint density at radius 2 is 1.60 bits per heavy atom. The average molecular weight is 266 g/mol. The predicted molar refractivity (Wildman–Crippen MR) is 77.4 cm³/mol. The first kappa shape index (κ1) is 13.7. The lowest BCUT2D eigenvalue weighted by Crippen LogP contribution is -2.04. The van der Waals surface area contributed by atoms with E-state index in [1.165, 1.54) is 0 Å². The topological polar surface area (TPSA) is 35.5 Å². The van der Waals surface area contributed by atoms with Gasteiger partial charge in [0.25, 0.3) is 0 Å². The molecule has 2 rings (SSSR count). The molecule has 0 aromatic heterocycles. The van der Waals surface area contributed by atoms with E-state index in [0.717, 1.165) is 0 Å². The second kappa shape index (κ2) is 5.94. The molecule has 0 aliphatic heterocycles. The maximum absolute atomic E-state index is 12.4. The Morgan fingerprint density at radius 1 is 1.00 bits per heavy atom. The molecular formula is C17H14O3. The number of ether oxygens (including phenoxy) is 2. The summed E-state index contributed by atoms with van der Waals surface area (Å²) in [4.78, 5) is 12.4. The molecule has 0 amide bonds. The molecule has 3 nitrogen and oxygen atoms in total. The van der Waals surface area contributed by atoms with Crippen LogP contribution in [0.2, 0.25) is 0 Å². The van der Waals surface area contributed by atoms with Crippen molar-refractivity contribution in [3.8, 4) is 23.8 Å². The van der Waals surface area contributed by atoms with E-state index in [1.54, 1.807) is 56.7 Å². The molecule has 2 aromatic carbocycles. The lowest BCUT2D eigenvalue weighted by atomic mass is 9.98. The van der Waals surface area contributed by atoms with Crippen molar-refractivity contribution >= 4 is 5.78 Å². The Kier molecular flexibility index (Phi) is 4.07. The summed E-state index contributed by atoms with van der Waals surface area (Å²) in [5.74, 6) is 3.73. The zero-order valence-corrected chi connectivity index (χ0v) is 11.3. The van der Waals surface area contributed by atoms with Crippen molar-refractivity contribution in [2.75, 3.05) is 14.2 Å². The molecule has 0 unspecified atom stereocenters. The molecule has 0 fully saturated rings. The van der Waals surface area contributed by atoms with Crippen molar-refractivity contribution in [1.29, 1.82) is 0 Å². The van der Waals surface area contributed by atoms with Crippen LogP contribution in [0.4, 0.5) is 0 Å². The first-order valence-electron chi connectivity index (χ1n) is 6.03. The highest BCUT2D eigenvalue weighted by Gasteiger charge is 2.13. The van der Waals surface area contributed by atoms with Crippen LogP contribution >= 0.6 is 0 Å². The lowest BCUT2D eigenvalue weighted by Gasteiger charge is -2.07. The minimum atomic E-state index is -0.122. The Labute approximate surface area is 118 Å². The van der Waals surface area contributed by atoms with E-state index >= 15 is 0 Å². The highest BCUT2D eigenvalue weighted by atomic mass is 16.5. The van der Waals surface area contributed by atoms with Gasteiger partial charge < -0.3 is 9.47 Å². The summed E-state index contributed by atoms with van der Waals surface area (Å²) in [7, 11) is 3.14. The van der Waals surface area contributed by atoms with Gasteiger partial charge in [-0.25, -0.2) is 0 Å². The van der Waals surface area contributed by atoms with Gasteiger partial charge in [0.2, 0.25) is 0 Å². The van der Waals surface area contributed by atoms with Crippen LogP contribution in [0.5, 0.6) is 11.5 Å². The zero-order chi connectivity index (χ0) is 14.5. The fraction of sp³-hybridized carbons (Fsp3) is 0.118. The van der Waals surface area contributed by atoms with Crippen molar-refractivity contribution in [3.05, 3.63) is 59.2 Å². The molecule has 0 N–H and O–H groups in total.